The van der Waals surface area contributed by atoms with E-state index in [0.717, 1.165) is 34.8 Å². The first kappa shape index (κ1) is 18.0. The zero-order valence-electron chi connectivity index (χ0n) is 16.2. The molecule has 4 bridgehead atoms. The Morgan fingerprint density at radius 1 is 0.966 bits per heavy atom. The molecule has 2 heterocycles. The molecule has 4 aliphatic rings. The van der Waals surface area contributed by atoms with Gasteiger partial charge in [-0.2, -0.15) is 0 Å². The van der Waals surface area contributed by atoms with Crippen LogP contribution in [0.2, 0.25) is 10.0 Å². The summed E-state index contributed by atoms with van der Waals surface area (Å²) < 4.78 is 8.19. The molecular weight excluding hydrogens is 405 g/mol. The maximum atomic E-state index is 6.27. The zero-order valence-corrected chi connectivity index (χ0v) is 17.7. The van der Waals surface area contributed by atoms with Crippen LogP contribution in [0.25, 0.3) is 5.65 Å². The first-order chi connectivity index (χ1) is 14.1. The Kier molecular flexibility index (Phi) is 4.11. The highest BCUT2D eigenvalue weighted by atomic mass is 35.5. The molecule has 0 amide bonds. The van der Waals surface area contributed by atoms with Gasteiger partial charge in [-0.05, 0) is 74.5 Å². The summed E-state index contributed by atoms with van der Waals surface area (Å²) in [4.78, 5) is 0. The molecule has 0 aliphatic heterocycles. The number of rotatable bonds is 4. The topological polar surface area (TPSA) is 39.4 Å². The van der Waals surface area contributed by atoms with Crippen molar-refractivity contribution >= 4 is 28.8 Å². The van der Waals surface area contributed by atoms with E-state index in [2.05, 4.69) is 21.8 Å². The summed E-state index contributed by atoms with van der Waals surface area (Å²) in [7, 11) is 0. The van der Waals surface area contributed by atoms with Gasteiger partial charge in [-0.15, -0.1) is 10.2 Å². The molecule has 2 aromatic heterocycles. The van der Waals surface area contributed by atoms with Crippen molar-refractivity contribution in [1.29, 1.82) is 0 Å². The molecular formula is C23H23Cl2N3O. The van der Waals surface area contributed by atoms with Crippen LogP contribution in [0.3, 0.4) is 0 Å². The number of nitrogens with zero attached hydrogens (tertiary/aromatic N) is 3. The molecule has 4 fully saturated rings. The second kappa shape index (κ2) is 6.61. The maximum Gasteiger partial charge on any atom is 0.167 e. The Labute approximate surface area is 180 Å². The van der Waals surface area contributed by atoms with Gasteiger partial charge in [-0.3, -0.25) is 4.40 Å². The smallest absolute Gasteiger partial charge is 0.167 e. The lowest BCUT2D eigenvalue weighted by atomic mass is 9.49. The first-order valence-corrected chi connectivity index (χ1v) is 11.3. The van der Waals surface area contributed by atoms with E-state index in [1.54, 1.807) is 6.07 Å². The molecule has 0 unspecified atom stereocenters. The van der Waals surface area contributed by atoms with Crippen molar-refractivity contribution in [2.45, 2.75) is 50.5 Å². The van der Waals surface area contributed by atoms with Crippen LogP contribution in [0.4, 0.5) is 0 Å². The molecule has 6 heteroatoms. The van der Waals surface area contributed by atoms with Crippen molar-refractivity contribution in [3.63, 3.8) is 0 Å². The minimum Gasteiger partial charge on any atom is -0.487 e. The summed E-state index contributed by atoms with van der Waals surface area (Å²) in [5.74, 6) is 4.39. The lowest BCUT2D eigenvalue weighted by molar-refractivity contribution is -0.00984. The van der Waals surface area contributed by atoms with Gasteiger partial charge in [0.2, 0.25) is 0 Å². The number of hydrogen-bond acceptors (Lipinski definition) is 3. The SMILES string of the molecule is Clc1cccc(OCc2cccn3c(C45CC6CC(CC(C6)C4)C5)nnc23)c1Cl. The number of benzene rings is 1. The highest BCUT2D eigenvalue weighted by molar-refractivity contribution is 6.42. The Morgan fingerprint density at radius 3 is 2.41 bits per heavy atom. The highest BCUT2D eigenvalue weighted by Crippen LogP contribution is 2.60. The molecule has 0 saturated heterocycles. The monoisotopic (exact) mass is 427 g/mol. The predicted octanol–water partition coefficient (Wildman–Crippen LogP) is 6.08. The van der Waals surface area contributed by atoms with E-state index in [9.17, 15) is 0 Å². The van der Waals surface area contributed by atoms with Crippen LogP contribution in [0.15, 0.2) is 36.5 Å². The van der Waals surface area contributed by atoms with Crippen LogP contribution in [-0.4, -0.2) is 14.6 Å². The number of hydrogen-bond donors (Lipinski definition) is 0. The number of ether oxygens (including phenoxy) is 1. The minimum absolute atomic E-state index is 0.212. The molecule has 4 nitrogen and oxygen atoms in total. The fraction of sp³-hybridized carbons (Fsp3) is 0.478. The van der Waals surface area contributed by atoms with Crippen molar-refractivity contribution < 1.29 is 4.74 Å². The van der Waals surface area contributed by atoms with Gasteiger partial charge in [0, 0.05) is 17.2 Å². The molecule has 0 radical (unpaired) electrons. The van der Waals surface area contributed by atoms with Crippen molar-refractivity contribution in [3.05, 3.63) is 58.0 Å². The number of pyridine rings is 1. The van der Waals surface area contributed by atoms with Gasteiger partial charge in [0.25, 0.3) is 0 Å². The van der Waals surface area contributed by atoms with E-state index < -0.39 is 0 Å². The normalized spacial score (nSPS) is 30.2. The van der Waals surface area contributed by atoms with Crippen LogP contribution < -0.4 is 4.74 Å². The molecule has 7 rings (SSSR count). The highest BCUT2D eigenvalue weighted by Gasteiger charge is 2.53. The van der Waals surface area contributed by atoms with Gasteiger partial charge in [0.05, 0.1) is 5.02 Å². The Hall–Kier alpha value is -1.78. The quantitative estimate of drug-likeness (QED) is 0.505. The van der Waals surface area contributed by atoms with Crippen molar-refractivity contribution in [1.82, 2.24) is 14.6 Å². The molecule has 150 valence electrons. The van der Waals surface area contributed by atoms with E-state index in [-0.39, 0.29) is 5.41 Å². The van der Waals surface area contributed by atoms with E-state index >= 15 is 0 Å². The second-order valence-electron chi connectivity index (χ2n) is 9.29. The summed E-state index contributed by atoms with van der Waals surface area (Å²) in [6.07, 6.45) is 10.2. The molecule has 4 aliphatic carbocycles. The van der Waals surface area contributed by atoms with Crippen molar-refractivity contribution in [3.8, 4) is 5.75 Å². The Morgan fingerprint density at radius 2 is 1.69 bits per heavy atom. The van der Waals surface area contributed by atoms with E-state index in [1.807, 2.05) is 18.2 Å². The maximum absolute atomic E-state index is 6.27. The molecule has 1 aromatic carbocycles. The van der Waals surface area contributed by atoms with Gasteiger partial charge >= 0.3 is 0 Å². The van der Waals surface area contributed by atoms with E-state index in [1.165, 1.54) is 38.5 Å². The molecule has 0 spiro atoms. The average Bonchev–Trinajstić information content (AvgIpc) is 3.14. The number of aromatic nitrogens is 3. The third-order valence-corrected chi connectivity index (χ3v) is 8.13. The van der Waals surface area contributed by atoms with Crippen LogP contribution >= 0.6 is 23.2 Å². The fourth-order valence-electron chi connectivity index (χ4n) is 6.58. The molecule has 29 heavy (non-hydrogen) atoms. The van der Waals surface area contributed by atoms with Gasteiger partial charge in [-0.1, -0.05) is 35.3 Å². The predicted molar refractivity (Wildman–Crippen MR) is 114 cm³/mol. The van der Waals surface area contributed by atoms with Crippen LogP contribution in [0.1, 0.15) is 49.9 Å². The van der Waals surface area contributed by atoms with Gasteiger partial charge in [0.15, 0.2) is 5.65 Å². The second-order valence-corrected chi connectivity index (χ2v) is 10.1. The van der Waals surface area contributed by atoms with Gasteiger partial charge < -0.3 is 4.74 Å². The largest absolute Gasteiger partial charge is 0.487 e. The number of fused-ring (bicyclic) bond motifs is 1. The zero-order chi connectivity index (χ0) is 19.6. The van der Waals surface area contributed by atoms with Crippen molar-refractivity contribution in [2.75, 3.05) is 0 Å². The van der Waals surface area contributed by atoms with Crippen LogP contribution in [0, 0.1) is 17.8 Å². The van der Waals surface area contributed by atoms with Crippen LogP contribution in [0.5, 0.6) is 5.75 Å². The average molecular weight is 428 g/mol. The standard InChI is InChI=1S/C23H23Cl2N3O/c24-18-4-1-5-19(20(18)25)29-13-17-3-2-6-28-21(17)26-27-22(28)23-10-14-7-15(11-23)9-16(8-14)12-23/h1-6,14-16H,7-13H2. The first-order valence-electron chi connectivity index (χ1n) is 10.5. The molecule has 0 N–H and O–H groups in total. The third kappa shape index (κ3) is 2.87. The van der Waals surface area contributed by atoms with Crippen molar-refractivity contribution in [2.24, 2.45) is 17.8 Å². The summed E-state index contributed by atoms with van der Waals surface area (Å²) in [5, 5.41) is 10.3. The summed E-state index contributed by atoms with van der Waals surface area (Å²) >= 11 is 12.4. The third-order valence-electron chi connectivity index (χ3n) is 7.33. The molecule has 4 saturated carbocycles. The molecule has 3 aromatic rings. The minimum atomic E-state index is 0.212. The number of halogens is 2. The molecule has 0 atom stereocenters. The summed E-state index contributed by atoms with van der Waals surface area (Å²) in [6, 6.07) is 9.55. The van der Waals surface area contributed by atoms with E-state index in [0.29, 0.717) is 22.4 Å². The Balaban J connectivity index is 1.34. The van der Waals surface area contributed by atoms with Crippen LogP contribution in [-0.2, 0) is 12.0 Å². The lowest BCUT2D eigenvalue weighted by Crippen LogP contribution is -2.49. The Bertz CT molecular complexity index is 1060. The summed E-state index contributed by atoms with van der Waals surface area (Å²) in [6.45, 7) is 0.378. The summed E-state index contributed by atoms with van der Waals surface area (Å²) in [5.41, 5.74) is 2.10. The van der Waals surface area contributed by atoms with E-state index in [4.69, 9.17) is 33.0 Å². The lowest BCUT2D eigenvalue weighted by Gasteiger charge is -2.55. The van der Waals surface area contributed by atoms with Gasteiger partial charge in [-0.25, -0.2) is 0 Å². The van der Waals surface area contributed by atoms with Gasteiger partial charge in [0.1, 0.15) is 23.2 Å². The fourth-order valence-corrected chi connectivity index (χ4v) is 6.93.